The number of halogens is 2. The topological polar surface area (TPSA) is 55.2 Å². The van der Waals surface area contributed by atoms with Crippen LogP contribution in [0.5, 0.6) is 0 Å². The molecule has 5 nitrogen and oxygen atoms in total. The van der Waals surface area contributed by atoms with Crippen LogP contribution in [0.2, 0.25) is 10.0 Å². The summed E-state index contributed by atoms with van der Waals surface area (Å²) < 4.78 is 1.51. The van der Waals surface area contributed by atoms with Gasteiger partial charge in [0.05, 0.1) is 10.9 Å². The van der Waals surface area contributed by atoms with Gasteiger partial charge in [0.15, 0.2) is 5.69 Å². The van der Waals surface area contributed by atoms with Gasteiger partial charge >= 0.3 is 0 Å². The van der Waals surface area contributed by atoms with E-state index in [2.05, 4.69) is 11.7 Å². The number of benzene rings is 2. The van der Waals surface area contributed by atoms with E-state index in [0.29, 0.717) is 27.5 Å². The Morgan fingerprint density at radius 1 is 1.19 bits per heavy atom. The number of carbonyl (C=O) groups excluding carboxylic acids is 1. The van der Waals surface area contributed by atoms with E-state index in [0.717, 1.165) is 5.56 Å². The van der Waals surface area contributed by atoms with E-state index in [9.17, 15) is 9.59 Å². The maximum atomic E-state index is 13.1. The summed E-state index contributed by atoms with van der Waals surface area (Å²) in [5, 5.41) is 5.60. The number of rotatable bonds is 5. The van der Waals surface area contributed by atoms with E-state index in [-0.39, 0.29) is 12.2 Å². The van der Waals surface area contributed by atoms with Crippen LogP contribution in [0.15, 0.2) is 59.9 Å². The summed E-state index contributed by atoms with van der Waals surface area (Å²) in [5.41, 5.74) is 0.896. The third-order valence-corrected chi connectivity index (χ3v) is 4.63. The number of hydrogen-bond acceptors (Lipinski definition) is 3. The van der Waals surface area contributed by atoms with Gasteiger partial charge in [-0.2, -0.15) is 5.10 Å². The van der Waals surface area contributed by atoms with Gasteiger partial charge in [0, 0.05) is 30.2 Å². The minimum absolute atomic E-state index is 0.150. The maximum Gasteiger partial charge on any atom is 0.278 e. The Hall–Kier alpha value is -2.63. The largest absolute Gasteiger partial charge is 0.329 e. The highest BCUT2D eigenvalue weighted by molar-refractivity contribution is 6.31. The van der Waals surface area contributed by atoms with Gasteiger partial charge in [-0.3, -0.25) is 14.3 Å². The van der Waals surface area contributed by atoms with Gasteiger partial charge in [0.2, 0.25) is 5.43 Å². The SMILES string of the molecule is C=CCN(Cc1ccc(Cl)cc1)C(=O)c1nn(C)c2ccc(Cl)cc2c1=O. The van der Waals surface area contributed by atoms with Crippen molar-refractivity contribution in [2.45, 2.75) is 6.54 Å². The fourth-order valence-corrected chi connectivity index (χ4v) is 3.12. The summed E-state index contributed by atoms with van der Waals surface area (Å²) in [5.74, 6) is -0.465. The van der Waals surface area contributed by atoms with E-state index in [1.807, 2.05) is 12.1 Å². The molecule has 0 atom stereocenters. The molecule has 0 fully saturated rings. The molecule has 27 heavy (non-hydrogen) atoms. The van der Waals surface area contributed by atoms with Crippen LogP contribution in [-0.2, 0) is 13.6 Å². The van der Waals surface area contributed by atoms with Crippen LogP contribution in [0.4, 0.5) is 0 Å². The van der Waals surface area contributed by atoms with E-state index >= 15 is 0 Å². The molecule has 0 saturated heterocycles. The van der Waals surface area contributed by atoms with Crippen LogP contribution in [0, 0.1) is 0 Å². The molecule has 138 valence electrons. The number of nitrogens with zero attached hydrogens (tertiary/aromatic N) is 3. The average Bonchev–Trinajstić information content (AvgIpc) is 2.65. The number of carbonyl (C=O) groups is 1. The van der Waals surface area contributed by atoms with Gasteiger partial charge in [0.25, 0.3) is 5.91 Å². The number of amides is 1. The molecule has 1 aromatic heterocycles. The fraction of sp³-hybridized carbons (Fsp3) is 0.150. The third-order valence-electron chi connectivity index (χ3n) is 4.14. The molecule has 0 aliphatic heterocycles. The molecular weight excluding hydrogens is 385 g/mol. The Morgan fingerprint density at radius 2 is 1.85 bits per heavy atom. The zero-order chi connectivity index (χ0) is 19.6. The molecule has 1 amide bonds. The summed E-state index contributed by atoms with van der Waals surface area (Å²) >= 11 is 11.9. The normalized spacial score (nSPS) is 10.8. The summed E-state index contributed by atoms with van der Waals surface area (Å²) in [6, 6.07) is 12.1. The first-order valence-corrected chi connectivity index (χ1v) is 8.97. The quantitative estimate of drug-likeness (QED) is 0.605. The second-order valence-corrected chi connectivity index (χ2v) is 6.94. The van der Waals surface area contributed by atoms with Crippen LogP contribution >= 0.6 is 23.2 Å². The highest BCUT2D eigenvalue weighted by Gasteiger charge is 2.22. The zero-order valence-electron chi connectivity index (χ0n) is 14.7. The lowest BCUT2D eigenvalue weighted by Crippen LogP contribution is -2.36. The predicted molar refractivity (Wildman–Crippen MR) is 108 cm³/mol. The summed E-state index contributed by atoms with van der Waals surface area (Å²) in [4.78, 5) is 27.4. The fourth-order valence-electron chi connectivity index (χ4n) is 2.82. The summed E-state index contributed by atoms with van der Waals surface area (Å²) in [7, 11) is 1.68. The van der Waals surface area contributed by atoms with Crippen molar-refractivity contribution in [1.29, 1.82) is 0 Å². The van der Waals surface area contributed by atoms with Crippen molar-refractivity contribution in [3.63, 3.8) is 0 Å². The van der Waals surface area contributed by atoms with Crippen LogP contribution < -0.4 is 5.43 Å². The molecule has 0 unspecified atom stereocenters. The summed E-state index contributed by atoms with van der Waals surface area (Å²) in [6.07, 6.45) is 1.61. The predicted octanol–water partition coefficient (Wildman–Crippen LogP) is 4.07. The monoisotopic (exact) mass is 401 g/mol. The van der Waals surface area contributed by atoms with Crippen molar-refractivity contribution in [1.82, 2.24) is 14.7 Å². The highest BCUT2D eigenvalue weighted by atomic mass is 35.5. The first-order chi connectivity index (χ1) is 12.9. The molecule has 3 aromatic rings. The summed E-state index contributed by atoms with van der Waals surface area (Å²) in [6.45, 7) is 4.28. The lowest BCUT2D eigenvalue weighted by Gasteiger charge is -2.21. The van der Waals surface area contributed by atoms with Crippen LogP contribution in [-0.4, -0.2) is 27.1 Å². The molecule has 7 heteroatoms. The minimum atomic E-state index is -0.465. The van der Waals surface area contributed by atoms with Gasteiger partial charge < -0.3 is 4.90 Å². The molecule has 0 spiro atoms. The van der Waals surface area contributed by atoms with E-state index in [1.165, 1.54) is 9.58 Å². The smallest absolute Gasteiger partial charge is 0.278 e. The minimum Gasteiger partial charge on any atom is -0.329 e. The van der Waals surface area contributed by atoms with Crippen molar-refractivity contribution in [3.8, 4) is 0 Å². The second kappa shape index (κ2) is 7.94. The lowest BCUT2D eigenvalue weighted by atomic mass is 10.1. The number of hydrogen-bond donors (Lipinski definition) is 0. The first-order valence-electron chi connectivity index (χ1n) is 8.22. The van der Waals surface area contributed by atoms with Crippen molar-refractivity contribution in [2.24, 2.45) is 7.05 Å². The van der Waals surface area contributed by atoms with E-state index in [1.54, 1.807) is 43.5 Å². The van der Waals surface area contributed by atoms with Crippen molar-refractivity contribution < 1.29 is 4.79 Å². The second-order valence-electron chi connectivity index (χ2n) is 6.06. The highest BCUT2D eigenvalue weighted by Crippen LogP contribution is 2.17. The molecule has 0 aliphatic rings. The Kier molecular flexibility index (Phi) is 5.63. The van der Waals surface area contributed by atoms with Gasteiger partial charge in [-0.15, -0.1) is 6.58 Å². The van der Waals surface area contributed by atoms with E-state index < -0.39 is 11.3 Å². The van der Waals surface area contributed by atoms with Crippen LogP contribution in [0.1, 0.15) is 16.1 Å². The zero-order valence-corrected chi connectivity index (χ0v) is 16.2. The van der Waals surface area contributed by atoms with Crippen LogP contribution in [0.3, 0.4) is 0 Å². The Balaban J connectivity index is 2.03. The van der Waals surface area contributed by atoms with Crippen molar-refractivity contribution in [2.75, 3.05) is 6.54 Å². The number of aryl methyl sites for hydroxylation is 1. The molecule has 0 saturated carbocycles. The standard InChI is InChI=1S/C20H17Cl2N3O2/c1-3-10-25(12-13-4-6-14(21)7-5-13)20(27)18-19(26)16-11-15(22)8-9-17(16)24(2)23-18/h3-9,11H,1,10,12H2,2H3. The van der Waals surface area contributed by atoms with E-state index in [4.69, 9.17) is 23.2 Å². The maximum absolute atomic E-state index is 13.1. The molecule has 0 bridgehead atoms. The number of fused-ring (bicyclic) bond motifs is 1. The molecule has 3 rings (SSSR count). The Bertz CT molecular complexity index is 1080. The molecule has 0 aliphatic carbocycles. The third kappa shape index (κ3) is 4.04. The van der Waals surface area contributed by atoms with Gasteiger partial charge in [-0.1, -0.05) is 41.4 Å². The Labute approximate surface area is 166 Å². The average molecular weight is 402 g/mol. The van der Waals surface area contributed by atoms with Gasteiger partial charge in [-0.05, 0) is 35.9 Å². The lowest BCUT2D eigenvalue weighted by molar-refractivity contribution is 0.0753. The van der Waals surface area contributed by atoms with Gasteiger partial charge in [-0.25, -0.2) is 0 Å². The molecule has 2 aromatic carbocycles. The Morgan fingerprint density at radius 3 is 2.52 bits per heavy atom. The molecule has 0 N–H and O–H groups in total. The first kappa shape index (κ1) is 19.1. The number of aromatic nitrogens is 2. The van der Waals surface area contributed by atoms with Crippen molar-refractivity contribution >= 4 is 40.0 Å². The van der Waals surface area contributed by atoms with Crippen LogP contribution in [0.25, 0.3) is 10.9 Å². The molecule has 1 heterocycles. The van der Waals surface area contributed by atoms with Gasteiger partial charge in [0.1, 0.15) is 0 Å². The van der Waals surface area contributed by atoms with Crippen molar-refractivity contribution in [3.05, 3.63) is 86.6 Å². The molecule has 0 radical (unpaired) electrons. The molecular formula is C20H17Cl2N3O2.